The second kappa shape index (κ2) is 31.4. The number of carbonyl (C=O) groups excluding carboxylic acids is 5. The molecule has 0 spiro atoms. The number of nitro groups is 1. The van der Waals surface area contributed by atoms with Crippen molar-refractivity contribution in [2.75, 3.05) is 26.6 Å². The summed E-state index contributed by atoms with van der Waals surface area (Å²) >= 11 is 0. The van der Waals surface area contributed by atoms with Crippen LogP contribution in [0.25, 0.3) is 0 Å². The third kappa shape index (κ3) is 18.3. The van der Waals surface area contributed by atoms with Crippen LogP contribution in [0.5, 0.6) is 5.75 Å². The third-order valence-corrected chi connectivity index (χ3v) is 19.9. The van der Waals surface area contributed by atoms with Crippen LogP contribution in [-0.4, -0.2) is 110 Å². The fourth-order valence-electron chi connectivity index (χ4n) is 15.9. The number of ether oxygens (including phenoxy) is 7. The van der Waals surface area contributed by atoms with Crippen LogP contribution in [0.4, 0.5) is 18.9 Å². The van der Waals surface area contributed by atoms with Crippen molar-refractivity contribution < 1.29 is 93.0 Å². The number of cyclic esters (lactones) is 1. The number of aliphatic hydroxyl groups is 1. The average molecular weight is 1320 g/mol. The average Bonchev–Trinajstić information content (AvgIpc) is 2.40. The highest BCUT2D eigenvalue weighted by atomic mass is 32.2. The topological polar surface area (TPSA) is 269 Å². The molecule has 0 radical (unpaired) electrons. The fraction of sp³-hybridized carbons (Fsp3) is 0.731. The number of hydrogen-bond donors (Lipinski definition) is 1. The number of halogens is 3. The Morgan fingerprint density at radius 2 is 1.26 bits per heavy atom. The molecule has 1 aliphatic heterocycles. The van der Waals surface area contributed by atoms with E-state index in [-0.39, 0.29) is 148 Å². The lowest BCUT2D eigenvalue weighted by Gasteiger charge is -2.59. The number of para-hydroxylation sites is 1. The second-order valence-electron chi connectivity index (χ2n) is 26.4. The third-order valence-electron chi connectivity index (χ3n) is 18.8. The zero-order chi connectivity index (χ0) is 60.1. The lowest BCUT2D eigenvalue weighted by molar-refractivity contribution is -0.387. The Balaban J connectivity index is 0.00000518. The van der Waals surface area contributed by atoms with Gasteiger partial charge >= 0.3 is 46.1 Å². The maximum Gasteiger partial charge on any atom is 0.437 e. The van der Waals surface area contributed by atoms with Crippen LogP contribution < -0.4 is 4.74 Å². The summed E-state index contributed by atoms with van der Waals surface area (Å²) in [6.07, 6.45) is 1.79. The van der Waals surface area contributed by atoms with Gasteiger partial charge in [-0.15, -0.1) is 0 Å². The molecule has 2 aromatic carbocycles. The van der Waals surface area contributed by atoms with Crippen LogP contribution in [0.3, 0.4) is 0 Å². The number of nitrogens with zero attached hydrogens (tertiary/aromatic N) is 2. The predicted octanol–water partition coefficient (Wildman–Crippen LogP) is 14.7. The molecule has 24 heteroatoms. The van der Waals surface area contributed by atoms with Crippen molar-refractivity contribution >= 4 is 51.4 Å². The number of benzene rings is 2. The Kier molecular flexibility index (Phi) is 28.7. The molecular weight excluding hydrogens is 1210 g/mol. The summed E-state index contributed by atoms with van der Waals surface area (Å²) in [6.45, 7) is 8.72. The Morgan fingerprint density at radius 1 is 0.714 bits per heavy atom. The lowest BCUT2D eigenvalue weighted by atomic mass is 9.52. The SMILES string of the molecule is C.C.C.C.C.C.C.C.CCC(C)(CC(C)(CC(C)(CC(C)(C)C(=O)OCOC1C2CC3CC(C2)CC1C3)C(=O)OC1CCOC1=O)C(=O)OC12CC3CC(CC(O)(C3)C1)C2)C(=O)OCCOc1ccc(/C(=N\OS(=O)(=O)c2ccccc2[N+](=O)[O-])C(F)(F)F)cc1. The summed E-state index contributed by atoms with van der Waals surface area (Å²) < 4.78 is 114. The molecule has 1 heterocycles. The number of oxime groups is 1. The summed E-state index contributed by atoms with van der Waals surface area (Å²) in [5.41, 5.74) is -11.8. The molecule has 91 heavy (non-hydrogen) atoms. The van der Waals surface area contributed by atoms with Gasteiger partial charge in [0.2, 0.25) is 6.10 Å². The minimum Gasteiger partial charge on any atom is -0.490 e. The standard InChI is InChI=1S/C59H75F3N2O18S.8CH4/c1-7-54(4,50(67)77-19-18-75-42-14-12-39(13-15-42)47(59(60,61)62)63-82-83(73,74)45-11-9-8-10-43(45)64(71)72)31-56(6,52(69)81-58-28-37-21-38(29-58)27-57(70,26-37)33-58)32-55(5,51(68)80-44-16-17-76-48(44)65)30-53(2,3)49(66)79-34-78-46-40-22-35-20-36(24-40)25-41(46)23-35;;;;;;;;/h8-15,35-38,40-41,44,46,70H,7,16-34H2,1-6H3;8*1H4/b63-47+;;;;;;;;. The number of nitro benzene ring substituents is 1. The number of hydrogen-bond acceptors (Lipinski definition) is 19. The Hall–Kier alpha value is -5.88. The molecule has 2 aromatic rings. The molecule has 8 saturated carbocycles. The van der Waals surface area contributed by atoms with Crippen LogP contribution in [0.1, 0.15) is 209 Å². The van der Waals surface area contributed by atoms with Gasteiger partial charge in [0.15, 0.2) is 17.4 Å². The van der Waals surface area contributed by atoms with Crippen LogP contribution >= 0.6 is 0 Å². The molecule has 9 fully saturated rings. The molecule has 6 atom stereocenters. The largest absolute Gasteiger partial charge is 0.490 e. The number of alkyl halides is 3. The fourth-order valence-corrected chi connectivity index (χ4v) is 16.7. The molecule has 11 rings (SSSR count). The number of esters is 5. The van der Waals surface area contributed by atoms with Gasteiger partial charge in [-0.3, -0.25) is 33.6 Å². The van der Waals surface area contributed by atoms with E-state index in [1.807, 2.05) is 0 Å². The van der Waals surface area contributed by atoms with Gasteiger partial charge in [0.1, 0.15) is 24.6 Å². The number of rotatable bonds is 25. The zero-order valence-electron chi connectivity index (χ0n) is 47.7. The summed E-state index contributed by atoms with van der Waals surface area (Å²) in [6, 6.07) is 7.94. The summed E-state index contributed by atoms with van der Waals surface area (Å²) in [5.74, 6) is -1.32. The smallest absolute Gasteiger partial charge is 0.437 e. The van der Waals surface area contributed by atoms with E-state index in [0.29, 0.717) is 49.4 Å². The molecule has 1 N–H and O–H groups in total. The van der Waals surface area contributed by atoms with Crippen molar-refractivity contribution in [1.82, 2.24) is 0 Å². The highest BCUT2D eigenvalue weighted by Crippen LogP contribution is 2.60. The first-order valence-electron chi connectivity index (χ1n) is 28.7. The molecule has 9 aliphatic rings. The molecule has 8 bridgehead atoms. The maximum atomic E-state index is 15.4. The van der Waals surface area contributed by atoms with Crippen molar-refractivity contribution in [2.24, 2.45) is 62.3 Å². The van der Waals surface area contributed by atoms with Gasteiger partial charge in [-0.05, 0) is 190 Å². The second-order valence-corrected chi connectivity index (χ2v) is 27.9. The van der Waals surface area contributed by atoms with Crippen molar-refractivity contribution in [3.63, 3.8) is 0 Å². The van der Waals surface area contributed by atoms with Crippen molar-refractivity contribution in [3.8, 4) is 5.75 Å². The summed E-state index contributed by atoms with van der Waals surface area (Å²) in [5, 5.41) is 25.9. The monoisotopic (exact) mass is 1320 g/mol. The quantitative estimate of drug-likeness (QED) is 0.0184. The van der Waals surface area contributed by atoms with Crippen LogP contribution in [-0.2, 0) is 66.8 Å². The minimum absolute atomic E-state index is 0. The van der Waals surface area contributed by atoms with Crippen molar-refractivity contribution in [1.29, 1.82) is 0 Å². The van der Waals surface area contributed by atoms with E-state index in [0.717, 1.165) is 80.6 Å². The molecule has 1 saturated heterocycles. The molecule has 0 amide bonds. The predicted molar refractivity (Wildman–Crippen MR) is 340 cm³/mol. The van der Waals surface area contributed by atoms with Crippen LogP contribution in [0.15, 0.2) is 58.6 Å². The van der Waals surface area contributed by atoms with E-state index >= 15 is 4.79 Å². The highest BCUT2D eigenvalue weighted by molar-refractivity contribution is 7.86. The van der Waals surface area contributed by atoms with Crippen LogP contribution in [0, 0.1) is 67.3 Å². The van der Waals surface area contributed by atoms with Gasteiger partial charge in [-0.1, -0.05) is 83.6 Å². The summed E-state index contributed by atoms with van der Waals surface area (Å²) in [4.78, 5) is 81.1. The van der Waals surface area contributed by atoms with E-state index in [1.54, 1.807) is 41.5 Å². The van der Waals surface area contributed by atoms with Crippen molar-refractivity contribution in [3.05, 3.63) is 64.2 Å². The van der Waals surface area contributed by atoms with E-state index in [2.05, 4.69) is 9.44 Å². The van der Waals surface area contributed by atoms with Crippen LogP contribution in [0.2, 0.25) is 0 Å². The van der Waals surface area contributed by atoms with Gasteiger partial charge in [0, 0.05) is 24.5 Å². The Morgan fingerprint density at radius 3 is 1.79 bits per heavy atom. The van der Waals surface area contributed by atoms with Crippen molar-refractivity contribution in [2.45, 2.75) is 238 Å². The van der Waals surface area contributed by atoms with Gasteiger partial charge in [0.25, 0.3) is 5.69 Å². The lowest BCUT2D eigenvalue weighted by Crippen LogP contribution is -2.61. The van der Waals surface area contributed by atoms with E-state index < -0.39 is 112 Å². The minimum atomic E-state index is -5.26. The van der Waals surface area contributed by atoms with Gasteiger partial charge in [0.05, 0.1) is 44.9 Å². The maximum absolute atomic E-state index is 15.4. The molecule has 6 unspecified atom stereocenters. The highest BCUT2D eigenvalue weighted by Gasteiger charge is 2.62. The van der Waals surface area contributed by atoms with Gasteiger partial charge < -0.3 is 38.3 Å². The van der Waals surface area contributed by atoms with E-state index in [9.17, 15) is 56.0 Å². The van der Waals surface area contributed by atoms with Gasteiger partial charge in [-0.25, -0.2) is 4.79 Å². The van der Waals surface area contributed by atoms with E-state index in [1.165, 1.54) is 6.42 Å². The van der Waals surface area contributed by atoms with Gasteiger partial charge in [-0.2, -0.15) is 21.6 Å². The first-order chi connectivity index (χ1) is 38.8. The normalized spacial score (nSPS) is 27.6. The zero-order valence-corrected chi connectivity index (χ0v) is 48.5. The first-order valence-corrected chi connectivity index (χ1v) is 30.1. The molecule has 0 aromatic heterocycles. The molecule has 20 nitrogen and oxygen atoms in total. The Labute approximate surface area is 539 Å². The summed E-state index contributed by atoms with van der Waals surface area (Å²) in [7, 11) is -5.18. The number of carbonyl (C=O) groups is 5. The molecule has 8 aliphatic carbocycles. The first kappa shape index (κ1) is 83.1. The van der Waals surface area contributed by atoms with E-state index in [4.69, 9.17) is 33.2 Å². The molecular formula is C67H107F3N2O18S. The Bertz CT molecular complexity index is 2930. The molecule has 520 valence electrons.